The molecule has 1 fully saturated rings. The summed E-state index contributed by atoms with van der Waals surface area (Å²) < 4.78 is 1.06. The summed E-state index contributed by atoms with van der Waals surface area (Å²) in [4.78, 5) is 4.33. The monoisotopic (exact) mass is 304 g/mol. The second-order valence-electron chi connectivity index (χ2n) is 4.35. The van der Waals surface area contributed by atoms with Crippen molar-refractivity contribution in [3.63, 3.8) is 0 Å². The van der Waals surface area contributed by atoms with E-state index in [4.69, 9.17) is 0 Å². The molecular weight excluding hydrogens is 288 g/mol. The van der Waals surface area contributed by atoms with Gasteiger partial charge in [-0.1, -0.05) is 12.8 Å². The Morgan fingerprint density at radius 2 is 2.31 bits per heavy atom. The first kappa shape index (κ1) is 12.5. The van der Waals surface area contributed by atoms with Crippen molar-refractivity contribution >= 4 is 27.3 Å². The maximum Gasteiger partial charge on any atom is 0.110 e. The zero-order valence-electron chi connectivity index (χ0n) is 9.32. The highest BCUT2D eigenvalue weighted by molar-refractivity contribution is 9.11. The Labute approximate surface area is 108 Å². The van der Waals surface area contributed by atoms with Crippen LogP contribution in [0.25, 0.3) is 0 Å². The molecule has 0 bridgehead atoms. The highest BCUT2D eigenvalue weighted by Crippen LogP contribution is 2.26. The molecule has 1 aliphatic rings. The molecule has 16 heavy (non-hydrogen) atoms. The van der Waals surface area contributed by atoms with Crippen LogP contribution in [-0.4, -0.2) is 22.2 Å². The zero-order chi connectivity index (χ0) is 11.5. The molecule has 3 nitrogen and oxygen atoms in total. The number of nitrogens with zero attached hydrogens (tertiary/aromatic N) is 1. The number of halogens is 1. The highest BCUT2D eigenvalue weighted by atomic mass is 79.9. The SMILES string of the molecule is CC(NC1CCCCC1O)c1ncc(Br)s1. The van der Waals surface area contributed by atoms with Gasteiger partial charge in [0.2, 0.25) is 0 Å². The Hall–Kier alpha value is 0.0300. The lowest BCUT2D eigenvalue weighted by Gasteiger charge is -2.30. The van der Waals surface area contributed by atoms with Gasteiger partial charge in [0.05, 0.1) is 22.1 Å². The Morgan fingerprint density at radius 1 is 1.56 bits per heavy atom. The van der Waals surface area contributed by atoms with Crippen LogP contribution in [0.5, 0.6) is 0 Å². The molecule has 0 amide bonds. The average Bonchev–Trinajstić information content (AvgIpc) is 2.68. The van der Waals surface area contributed by atoms with Crippen LogP contribution in [-0.2, 0) is 0 Å². The van der Waals surface area contributed by atoms with Crippen LogP contribution < -0.4 is 5.32 Å². The number of aliphatic hydroxyl groups is 1. The normalized spacial score (nSPS) is 27.9. The number of rotatable bonds is 3. The summed E-state index contributed by atoms with van der Waals surface area (Å²) in [6, 6.07) is 0.445. The molecule has 1 aromatic rings. The van der Waals surface area contributed by atoms with Gasteiger partial charge in [0, 0.05) is 6.04 Å². The summed E-state index contributed by atoms with van der Waals surface area (Å²) in [5.41, 5.74) is 0. The topological polar surface area (TPSA) is 45.1 Å². The summed E-state index contributed by atoms with van der Waals surface area (Å²) in [6.07, 6.45) is 5.98. The Kier molecular flexibility index (Phi) is 4.35. The van der Waals surface area contributed by atoms with Crippen LogP contribution in [0, 0.1) is 0 Å². The first-order chi connectivity index (χ1) is 7.66. The lowest BCUT2D eigenvalue weighted by atomic mass is 9.92. The van der Waals surface area contributed by atoms with Crippen LogP contribution in [0.1, 0.15) is 43.7 Å². The lowest BCUT2D eigenvalue weighted by Crippen LogP contribution is -2.43. The van der Waals surface area contributed by atoms with Crippen LogP contribution in [0.2, 0.25) is 0 Å². The first-order valence-electron chi connectivity index (χ1n) is 5.72. The standard InChI is InChI=1S/C11H17BrN2OS/c1-7(11-13-6-10(12)16-11)14-8-4-2-3-5-9(8)15/h6-9,14-15H,2-5H2,1H3. The molecule has 3 unspecified atom stereocenters. The lowest BCUT2D eigenvalue weighted by molar-refractivity contribution is 0.0859. The molecule has 1 heterocycles. The fourth-order valence-electron chi connectivity index (χ4n) is 2.17. The van der Waals surface area contributed by atoms with Gasteiger partial charge in [-0.15, -0.1) is 11.3 Å². The van der Waals surface area contributed by atoms with Crippen LogP contribution in [0.3, 0.4) is 0 Å². The van der Waals surface area contributed by atoms with E-state index in [1.807, 2.05) is 6.20 Å². The smallest absolute Gasteiger partial charge is 0.110 e. The third-order valence-corrected chi connectivity index (χ3v) is 4.72. The maximum atomic E-state index is 9.88. The Balaban J connectivity index is 1.93. The quantitative estimate of drug-likeness (QED) is 0.902. The maximum absolute atomic E-state index is 9.88. The third-order valence-electron chi connectivity index (χ3n) is 3.06. The molecule has 1 saturated carbocycles. The van der Waals surface area contributed by atoms with Crippen molar-refractivity contribution in [3.05, 3.63) is 15.0 Å². The fraction of sp³-hybridized carbons (Fsp3) is 0.727. The summed E-state index contributed by atoms with van der Waals surface area (Å²) in [6.45, 7) is 2.10. The van der Waals surface area contributed by atoms with E-state index in [1.165, 1.54) is 6.42 Å². The van der Waals surface area contributed by atoms with Crippen molar-refractivity contribution in [2.75, 3.05) is 0 Å². The minimum Gasteiger partial charge on any atom is -0.392 e. The largest absolute Gasteiger partial charge is 0.392 e. The number of nitrogens with one attached hydrogen (secondary N) is 1. The van der Waals surface area contributed by atoms with Crippen LogP contribution in [0.4, 0.5) is 0 Å². The molecule has 3 atom stereocenters. The highest BCUT2D eigenvalue weighted by Gasteiger charge is 2.25. The summed E-state index contributed by atoms with van der Waals surface area (Å²) in [5, 5.41) is 14.4. The van der Waals surface area contributed by atoms with Crippen LogP contribution in [0.15, 0.2) is 9.98 Å². The molecule has 2 N–H and O–H groups in total. The van der Waals surface area contributed by atoms with Gasteiger partial charge in [-0.25, -0.2) is 4.98 Å². The van der Waals surface area contributed by atoms with Crippen LogP contribution >= 0.6 is 27.3 Å². The molecular formula is C11H17BrN2OS. The molecule has 2 rings (SSSR count). The predicted octanol–water partition coefficient (Wildman–Crippen LogP) is 2.86. The Bertz CT molecular complexity index is 344. The van der Waals surface area contributed by atoms with Crippen molar-refractivity contribution in [2.24, 2.45) is 0 Å². The molecule has 5 heteroatoms. The number of hydrogen-bond donors (Lipinski definition) is 2. The number of hydrogen-bond acceptors (Lipinski definition) is 4. The van der Waals surface area contributed by atoms with E-state index in [9.17, 15) is 5.11 Å². The average molecular weight is 305 g/mol. The van der Waals surface area contributed by atoms with Crippen molar-refractivity contribution < 1.29 is 5.11 Å². The van der Waals surface area contributed by atoms with Gasteiger partial charge >= 0.3 is 0 Å². The van der Waals surface area contributed by atoms with Gasteiger partial charge in [-0.2, -0.15) is 0 Å². The van der Waals surface area contributed by atoms with Gasteiger partial charge < -0.3 is 10.4 Å². The van der Waals surface area contributed by atoms with Gasteiger partial charge in [0.25, 0.3) is 0 Å². The van der Waals surface area contributed by atoms with Gasteiger partial charge in [-0.05, 0) is 35.7 Å². The molecule has 0 radical (unpaired) electrons. The fourth-order valence-corrected chi connectivity index (χ4v) is 3.42. The predicted molar refractivity (Wildman–Crippen MR) is 69.6 cm³/mol. The van der Waals surface area contributed by atoms with E-state index in [0.717, 1.165) is 28.1 Å². The minimum absolute atomic E-state index is 0.195. The minimum atomic E-state index is -0.195. The second-order valence-corrected chi connectivity index (χ2v) is 6.79. The molecule has 0 spiro atoms. The summed E-state index contributed by atoms with van der Waals surface area (Å²) in [7, 11) is 0. The van der Waals surface area contributed by atoms with Crippen molar-refractivity contribution in [1.29, 1.82) is 0 Å². The summed E-state index contributed by atoms with van der Waals surface area (Å²) >= 11 is 5.06. The number of thiazole rings is 1. The van der Waals surface area contributed by atoms with E-state index < -0.39 is 0 Å². The second kappa shape index (κ2) is 5.58. The number of aliphatic hydroxyl groups excluding tert-OH is 1. The molecule has 0 saturated heterocycles. The molecule has 0 aliphatic heterocycles. The molecule has 1 aliphatic carbocycles. The third kappa shape index (κ3) is 3.03. The number of aromatic nitrogens is 1. The Morgan fingerprint density at radius 3 is 2.94 bits per heavy atom. The van der Waals surface area contributed by atoms with E-state index in [1.54, 1.807) is 11.3 Å². The van der Waals surface area contributed by atoms with Crippen molar-refractivity contribution in [2.45, 2.75) is 50.8 Å². The zero-order valence-corrected chi connectivity index (χ0v) is 11.7. The van der Waals surface area contributed by atoms with Crippen molar-refractivity contribution in [3.8, 4) is 0 Å². The van der Waals surface area contributed by atoms with Crippen molar-refractivity contribution in [1.82, 2.24) is 10.3 Å². The van der Waals surface area contributed by atoms with E-state index in [-0.39, 0.29) is 18.2 Å². The van der Waals surface area contributed by atoms with Gasteiger partial charge in [0.15, 0.2) is 0 Å². The molecule has 90 valence electrons. The molecule has 1 aromatic heterocycles. The van der Waals surface area contributed by atoms with Gasteiger partial charge in [0.1, 0.15) is 5.01 Å². The van der Waals surface area contributed by atoms with E-state index >= 15 is 0 Å². The van der Waals surface area contributed by atoms with E-state index in [0.29, 0.717) is 0 Å². The molecule has 0 aromatic carbocycles. The summed E-state index contributed by atoms with van der Waals surface area (Å²) in [5.74, 6) is 0. The van der Waals surface area contributed by atoms with Gasteiger partial charge in [-0.3, -0.25) is 0 Å². The first-order valence-corrected chi connectivity index (χ1v) is 7.33. The van der Waals surface area contributed by atoms with E-state index in [2.05, 4.69) is 33.2 Å².